The van der Waals surface area contributed by atoms with Gasteiger partial charge >= 0.3 is 0 Å². The standard InChI is InChI=1S/C13H13BrClNS/c1-2-9-4-6-12(17-9)13(16)8-3-5-11(15)10(14)7-8/h3-7,13H,2,16H2,1H3. The third-order valence-corrected chi connectivity index (χ3v) is 5.17. The first-order valence-electron chi connectivity index (χ1n) is 5.41. The molecule has 1 nitrogen and oxygen atoms in total. The summed E-state index contributed by atoms with van der Waals surface area (Å²) >= 11 is 11.2. The quantitative estimate of drug-likeness (QED) is 0.861. The van der Waals surface area contributed by atoms with E-state index in [0.717, 1.165) is 16.5 Å². The van der Waals surface area contributed by atoms with Crippen LogP contribution in [0.5, 0.6) is 0 Å². The highest BCUT2D eigenvalue weighted by Gasteiger charge is 2.12. The van der Waals surface area contributed by atoms with Gasteiger partial charge in [-0.25, -0.2) is 0 Å². The maximum Gasteiger partial charge on any atom is 0.0646 e. The van der Waals surface area contributed by atoms with Crippen molar-refractivity contribution in [2.45, 2.75) is 19.4 Å². The van der Waals surface area contributed by atoms with Gasteiger partial charge in [0, 0.05) is 14.2 Å². The van der Waals surface area contributed by atoms with Crippen LogP contribution >= 0.6 is 38.9 Å². The average molecular weight is 331 g/mol. The molecule has 0 fully saturated rings. The fourth-order valence-corrected chi connectivity index (χ4v) is 3.12. The lowest BCUT2D eigenvalue weighted by atomic mass is 10.1. The summed E-state index contributed by atoms with van der Waals surface area (Å²) in [4.78, 5) is 2.56. The Hall–Kier alpha value is -0.350. The summed E-state index contributed by atoms with van der Waals surface area (Å²) < 4.78 is 0.888. The maximum absolute atomic E-state index is 6.25. The van der Waals surface area contributed by atoms with E-state index in [1.54, 1.807) is 11.3 Å². The third kappa shape index (κ3) is 2.91. The van der Waals surface area contributed by atoms with E-state index in [0.29, 0.717) is 5.02 Å². The zero-order valence-electron chi connectivity index (χ0n) is 9.41. The molecule has 2 rings (SSSR count). The molecule has 0 amide bonds. The molecule has 90 valence electrons. The Labute approximate surface area is 119 Å². The van der Waals surface area contributed by atoms with Gasteiger partial charge in [0.15, 0.2) is 0 Å². The molecule has 1 aromatic heterocycles. The van der Waals surface area contributed by atoms with Crippen molar-refractivity contribution in [1.82, 2.24) is 0 Å². The molecule has 17 heavy (non-hydrogen) atoms. The minimum atomic E-state index is -0.0751. The molecular weight excluding hydrogens is 318 g/mol. The van der Waals surface area contributed by atoms with Gasteiger partial charge in [-0.1, -0.05) is 24.6 Å². The summed E-state index contributed by atoms with van der Waals surface area (Å²) in [5, 5.41) is 0.710. The summed E-state index contributed by atoms with van der Waals surface area (Å²) in [6, 6.07) is 10.0. The predicted molar refractivity (Wildman–Crippen MR) is 78.9 cm³/mol. The molecular formula is C13H13BrClNS. The van der Waals surface area contributed by atoms with Gasteiger partial charge in [-0.3, -0.25) is 0 Å². The highest BCUT2D eigenvalue weighted by molar-refractivity contribution is 9.10. The van der Waals surface area contributed by atoms with Crippen molar-refractivity contribution in [3.8, 4) is 0 Å². The van der Waals surface area contributed by atoms with Crippen LogP contribution in [-0.4, -0.2) is 0 Å². The first-order valence-corrected chi connectivity index (χ1v) is 7.39. The predicted octanol–water partition coefficient (Wildman–Crippen LogP) is 4.77. The molecule has 0 spiro atoms. The normalized spacial score (nSPS) is 12.7. The Balaban J connectivity index is 2.29. The number of nitrogens with two attached hydrogens (primary N) is 1. The van der Waals surface area contributed by atoms with Crippen LogP contribution in [0.25, 0.3) is 0 Å². The molecule has 0 saturated heterocycles. The summed E-state index contributed by atoms with van der Waals surface area (Å²) in [6.07, 6.45) is 1.06. The number of benzene rings is 1. The average Bonchev–Trinajstić information content (AvgIpc) is 2.80. The Morgan fingerprint density at radius 1 is 1.35 bits per heavy atom. The van der Waals surface area contributed by atoms with E-state index >= 15 is 0 Å². The maximum atomic E-state index is 6.25. The molecule has 1 aromatic carbocycles. The van der Waals surface area contributed by atoms with Gasteiger partial charge in [0.1, 0.15) is 0 Å². The van der Waals surface area contributed by atoms with Crippen molar-refractivity contribution in [2.24, 2.45) is 5.73 Å². The second kappa shape index (κ2) is 5.53. The van der Waals surface area contributed by atoms with Crippen LogP contribution in [0, 0.1) is 0 Å². The highest BCUT2D eigenvalue weighted by atomic mass is 79.9. The fourth-order valence-electron chi connectivity index (χ4n) is 1.62. The van der Waals surface area contributed by atoms with Crippen molar-refractivity contribution in [3.05, 3.63) is 55.1 Å². The Morgan fingerprint density at radius 2 is 2.12 bits per heavy atom. The van der Waals surface area contributed by atoms with Crippen molar-refractivity contribution >= 4 is 38.9 Å². The SMILES string of the molecule is CCc1ccc(C(N)c2ccc(Cl)c(Br)c2)s1. The first-order chi connectivity index (χ1) is 8.11. The van der Waals surface area contributed by atoms with Gasteiger partial charge in [0.2, 0.25) is 0 Å². The highest BCUT2D eigenvalue weighted by Crippen LogP contribution is 2.31. The summed E-state index contributed by atoms with van der Waals surface area (Å²) in [7, 11) is 0. The van der Waals surface area contributed by atoms with Crippen LogP contribution in [0.4, 0.5) is 0 Å². The molecule has 0 bridgehead atoms. The summed E-state index contributed by atoms with van der Waals surface area (Å²) in [5.74, 6) is 0. The van der Waals surface area contributed by atoms with Gasteiger partial charge in [0.25, 0.3) is 0 Å². The third-order valence-electron chi connectivity index (χ3n) is 2.64. The van der Waals surface area contributed by atoms with Crippen LogP contribution in [0.2, 0.25) is 5.02 Å². The summed E-state index contributed by atoms with van der Waals surface area (Å²) in [6.45, 7) is 2.15. The molecule has 0 saturated carbocycles. The van der Waals surface area contributed by atoms with E-state index < -0.39 is 0 Å². The van der Waals surface area contributed by atoms with Crippen molar-refractivity contribution in [3.63, 3.8) is 0 Å². The topological polar surface area (TPSA) is 26.0 Å². The van der Waals surface area contributed by atoms with Crippen LogP contribution in [0.3, 0.4) is 0 Å². The first kappa shape index (κ1) is 13.1. The van der Waals surface area contributed by atoms with Gasteiger partial charge in [-0.15, -0.1) is 11.3 Å². The van der Waals surface area contributed by atoms with Crippen LogP contribution in [0.15, 0.2) is 34.8 Å². The fraction of sp³-hybridized carbons (Fsp3) is 0.231. The number of rotatable bonds is 3. The van der Waals surface area contributed by atoms with Crippen LogP contribution in [0.1, 0.15) is 28.3 Å². The van der Waals surface area contributed by atoms with Crippen LogP contribution < -0.4 is 5.73 Å². The molecule has 0 aliphatic carbocycles. The lowest BCUT2D eigenvalue weighted by molar-refractivity contribution is 0.892. The van der Waals surface area contributed by atoms with Gasteiger partial charge in [-0.2, -0.15) is 0 Å². The molecule has 1 heterocycles. The molecule has 0 aliphatic rings. The summed E-state index contributed by atoms with van der Waals surface area (Å²) in [5.41, 5.74) is 7.32. The van der Waals surface area contributed by atoms with E-state index in [1.807, 2.05) is 18.2 Å². The zero-order chi connectivity index (χ0) is 12.4. The minimum Gasteiger partial charge on any atom is -0.320 e. The lowest BCUT2D eigenvalue weighted by Crippen LogP contribution is -2.09. The molecule has 4 heteroatoms. The van der Waals surface area contributed by atoms with Crippen molar-refractivity contribution in [2.75, 3.05) is 0 Å². The minimum absolute atomic E-state index is 0.0751. The lowest BCUT2D eigenvalue weighted by Gasteiger charge is -2.11. The molecule has 1 atom stereocenters. The Morgan fingerprint density at radius 3 is 2.71 bits per heavy atom. The van der Waals surface area contributed by atoms with Crippen molar-refractivity contribution < 1.29 is 0 Å². The number of thiophene rings is 1. The van der Waals surface area contributed by atoms with E-state index in [4.69, 9.17) is 17.3 Å². The van der Waals surface area contributed by atoms with Gasteiger partial charge in [0.05, 0.1) is 11.1 Å². The molecule has 2 N–H and O–H groups in total. The molecule has 2 aromatic rings. The molecule has 0 aliphatic heterocycles. The van der Waals surface area contributed by atoms with Gasteiger partial charge < -0.3 is 5.73 Å². The molecule has 0 radical (unpaired) electrons. The zero-order valence-corrected chi connectivity index (χ0v) is 12.6. The Bertz CT molecular complexity index is 524. The van der Waals surface area contributed by atoms with E-state index in [-0.39, 0.29) is 6.04 Å². The number of hydrogen-bond donors (Lipinski definition) is 1. The second-order valence-corrected chi connectivity index (χ2v) is 6.27. The second-order valence-electron chi connectivity index (χ2n) is 3.81. The van der Waals surface area contributed by atoms with Crippen LogP contribution in [-0.2, 0) is 6.42 Å². The number of hydrogen-bond acceptors (Lipinski definition) is 2. The van der Waals surface area contributed by atoms with Gasteiger partial charge in [-0.05, 0) is 52.2 Å². The van der Waals surface area contributed by atoms with E-state index in [9.17, 15) is 0 Å². The smallest absolute Gasteiger partial charge is 0.0646 e. The monoisotopic (exact) mass is 329 g/mol. The largest absolute Gasteiger partial charge is 0.320 e. The van der Waals surface area contributed by atoms with Crippen molar-refractivity contribution in [1.29, 1.82) is 0 Å². The molecule has 1 unspecified atom stereocenters. The number of halogens is 2. The van der Waals surface area contributed by atoms with E-state index in [1.165, 1.54) is 9.75 Å². The number of aryl methyl sites for hydroxylation is 1. The Kier molecular flexibility index (Phi) is 4.26. The van der Waals surface area contributed by atoms with E-state index in [2.05, 4.69) is 35.0 Å².